The molecule has 0 saturated heterocycles. The topological polar surface area (TPSA) is 20.2 Å². The minimum absolute atomic E-state index is 0.240. The predicted octanol–water partition coefficient (Wildman–Crippen LogP) is 3.56. The third-order valence-corrected chi connectivity index (χ3v) is 3.50. The van der Waals surface area contributed by atoms with Gasteiger partial charge in [0.1, 0.15) is 0 Å². The van der Waals surface area contributed by atoms with Gasteiger partial charge in [0, 0.05) is 0 Å². The first-order chi connectivity index (χ1) is 6.91. The standard InChI is InChI=1S/C14H22O/c1-6-14(15,10(2)3)13-8-7-11(4)12(5)9-13/h7-10,15H,6H2,1-5H3. The molecule has 0 heterocycles. The molecular weight excluding hydrogens is 184 g/mol. The van der Waals surface area contributed by atoms with Crippen LogP contribution in [0, 0.1) is 19.8 Å². The minimum atomic E-state index is -0.682. The van der Waals surface area contributed by atoms with E-state index in [9.17, 15) is 5.11 Å². The highest BCUT2D eigenvalue weighted by atomic mass is 16.3. The summed E-state index contributed by atoms with van der Waals surface area (Å²) in [6, 6.07) is 6.25. The third-order valence-electron chi connectivity index (χ3n) is 3.50. The average Bonchev–Trinajstić information content (AvgIpc) is 2.20. The smallest absolute Gasteiger partial charge is 0.0916 e. The summed E-state index contributed by atoms with van der Waals surface area (Å²) in [5, 5.41) is 10.6. The highest BCUT2D eigenvalue weighted by molar-refractivity contribution is 5.33. The van der Waals surface area contributed by atoms with Crippen LogP contribution in [0.25, 0.3) is 0 Å². The molecular formula is C14H22O. The number of hydrogen-bond acceptors (Lipinski definition) is 1. The van der Waals surface area contributed by atoms with E-state index in [0.717, 1.165) is 12.0 Å². The van der Waals surface area contributed by atoms with Crippen LogP contribution in [-0.4, -0.2) is 5.11 Å². The molecule has 0 aromatic heterocycles. The number of benzene rings is 1. The van der Waals surface area contributed by atoms with Crippen molar-refractivity contribution in [1.29, 1.82) is 0 Å². The molecule has 0 aliphatic heterocycles. The fraction of sp³-hybridized carbons (Fsp3) is 0.571. The summed E-state index contributed by atoms with van der Waals surface area (Å²) >= 11 is 0. The Balaban J connectivity index is 3.19. The molecule has 0 amide bonds. The number of aliphatic hydroxyl groups is 1. The Morgan fingerprint density at radius 2 is 1.80 bits per heavy atom. The van der Waals surface area contributed by atoms with E-state index in [0.29, 0.717) is 0 Å². The maximum absolute atomic E-state index is 10.6. The second-order valence-electron chi connectivity index (χ2n) is 4.73. The first-order valence-electron chi connectivity index (χ1n) is 5.72. The van der Waals surface area contributed by atoms with Crippen molar-refractivity contribution in [2.24, 2.45) is 5.92 Å². The van der Waals surface area contributed by atoms with Gasteiger partial charge in [-0.2, -0.15) is 0 Å². The maximum Gasteiger partial charge on any atom is 0.0916 e. The van der Waals surface area contributed by atoms with E-state index in [1.165, 1.54) is 11.1 Å². The lowest BCUT2D eigenvalue weighted by Crippen LogP contribution is -2.31. The number of aryl methyl sites for hydroxylation is 2. The summed E-state index contributed by atoms with van der Waals surface area (Å²) in [6.45, 7) is 10.4. The van der Waals surface area contributed by atoms with Gasteiger partial charge in [-0.1, -0.05) is 39.0 Å². The molecule has 1 atom stereocenters. The van der Waals surface area contributed by atoms with E-state index in [1.54, 1.807) is 0 Å². The second kappa shape index (κ2) is 4.36. The van der Waals surface area contributed by atoms with Crippen LogP contribution in [0.5, 0.6) is 0 Å². The Hall–Kier alpha value is -0.820. The second-order valence-corrected chi connectivity index (χ2v) is 4.73. The molecule has 0 spiro atoms. The van der Waals surface area contributed by atoms with Crippen molar-refractivity contribution in [3.63, 3.8) is 0 Å². The van der Waals surface area contributed by atoms with Crippen LogP contribution in [0.3, 0.4) is 0 Å². The molecule has 1 unspecified atom stereocenters. The lowest BCUT2D eigenvalue weighted by Gasteiger charge is -2.32. The van der Waals surface area contributed by atoms with Crippen LogP contribution in [0.2, 0.25) is 0 Å². The highest BCUT2D eigenvalue weighted by Gasteiger charge is 2.30. The van der Waals surface area contributed by atoms with Gasteiger partial charge >= 0.3 is 0 Å². The number of hydrogen-bond donors (Lipinski definition) is 1. The van der Waals surface area contributed by atoms with Crippen LogP contribution >= 0.6 is 0 Å². The SMILES string of the molecule is CCC(O)(c1ccc(C)c(C)c1)C(C)C. The Labute approximate surface area is 93.1 Å². The van der Waals surface area contributed by atoms with E-state index < -0.39 is 5.60 Å². The first kappa shape index (κ1) is 12.3. The predicted molar refractivity (Wildman–Crippen MR) is 64.9 cm³/mol. The fourth-order valence-electron chi connectivity index (χ4n) is 1.96. The van der Waals surface area contributed by atoms with Crippen LogP contribution in [0.15, 0.2) is 18.2 Å². The molecule has 1 nitrogen and oxygen atoms in total. The van der Waals surface area contributed by atoms with Crippen molar-refractivity contribution >= 4 is 0 Å². The largest absolute Gasteiger partial charge is 0.385 e. The van der Waals surface area contributed by atoms with Gasteiger partial charge in [-0.15, -0.1) is 0 Å². The zero-order valence-corrected chi connectivity index (χ0v) is 10.5. The molecule has 1 rings (SSSR count). The van der Waals surface area contributed by atoms with Gasteiger partial charge in [0.15, 0.2) is 0 Å². The molecule has 0 aliphatic rings. The molecule has 1 aromatic rings. The lowest BCUT2D eigenvalue weighted by atomic mass is 9.80. The Morgan fingerprint density at radius 1 is 1.20 bits per heavy atom. The normalized spacial score (nSPS) is 15.4. The quantitative estimate of drug-likeness (QED) is 0.801. The van der Waals surface area contributed by atoms with E-state index in [-0.39, 0.29) is 5.92 Å². The molecule has 84 valence electrons. The molecule has 0 bridgehead atoms. The molecule has 1 heteroatoms. The molecule has 0 radical (unpaired) electrons. The van der Waals surface area contributed by atoms with E-state index in [2.05, 4.69) is 39.8 Å². The fourth-order valence-corrected chi connectivity index (χ4v) is 1.96. The summed E-state index contributed by atoms with van der Waals surface area (Å²) in [5.41, 5.74) is 2.89. The van der Waals surface area contributed by atoms with E-state index in [1.807, 2.05) is 13.0 Å². The summed E-state index contributed by atoms with van der Waals surface area (Å²) < 4.78 is 0. The Bertz CT molecular complexity index is 341. The van der Waals surface area contributed by atoms with Gasteiger partial charge < -0.3 is 5.11 Å². The highest BCUT2D eigenvalue weighted by Crippen LogP contribution is 2.33. The molecule has 0 aliphatic carbocycles. The van der Waals surface area contributed by atoms with Gasteiger partial charge in [-0.25, -0.2) is 0 Å². The summed E-state index contributed by atoms with van der Waals surface area (Å²) in [7, 11) is 0. The van der Waals surface area contributed by atoms with Crippen LogP contribution < -0.4 is 0 Å². The summed E-state index contributed by atoms with van der Waals surface area (Å²) in [4.78, 5) is 0. The maximum atomic E-state index is 10.6. The molecule has 0 saturated carbocycles. The zero-order valence-electron chi connectivity index (χ0n) is 10.5. The number of rotatable bonds is 3. The lowest BCUT2D eigenvalue weighted by molar-refractivity contribution is -0.0140. The Morgan fingerprint density at radius 3 is 2.20 bits per heavy atom. The monoisotopic (exact) mass is 206 g/mol. The summed E-state index contributed by atoms with van der Waals surface area (Å²) in [5.74, 6) is 0.240. The van der Waals surface area contributed by atoms with Crippen molar-refractivity contribution in [2.75, 3.05) is 0 Å². The van der Waals surface area contributed by atoms with Gasteiger partial charge in [0.05, 0.1) is 5.60 Å². The van der Waals surface area contributed by atoms with Gasteiger partial charge in [-0.05, 0) is 42.9 Å². The molecule has 0 fully saturated rings. The van der Waals surface area contributed by atoms with Crippen molar-refractivity contribution in [3.8, 4) is 0 Å². The van der Waals surface area contributed by atoms with Gasteiger partial charge in [-0.3, -0.25) is 0 Å². The average molecular weight is 206 g/mol. The van der Waals surface area contributed by atoms with Gasteiger partial charge in [0.2, 0.25) is 0 Å². The minimum Gasteiger partial charge on any atom is -0.385 e. The van der Waals surface area contributed by atoms with E-state index in [4.69, 9.17) is 0 Å². The molecule has 1 aromatic carbocycles. The van der Waals surface area contributed by atoms with Gasteiger partial charge in [0.25, 0.3) is 0 Å². The molecule has 15 heavy (non-hydrogen) atoms. The third kappa shape index (κ3) is 2.23. The first-order valence-corrected chi connectivity index (χ1v) is 5.72. The van der Waals surface area contributed by atoms with Crippen LogP contribution in [0.1, 0.15) is 43.9 Å². The summed E-state index contributed by atoms with van der Waals surface area (Å²) in [6.07, 6.45) is 0.757. The van der Waals surface area contributed by atoms with E-state index >= 15 is 0 Å². The molecule has 1 N–H and O–H groups in total. The van der Waals surface area contributed by atoms with Crippen molar-refractivity contribution < 1.29 is 5.11 Å². The Kier molecular flexibility index (Phi) is 3.56. The van der Waals surface area contributed by atoms with Crippen molar-refractivity contribution in [1.82, 2.24) is 0 Å². The van der Waals surface area contributed by atoms with Crippen molar-refractivity contribution in [2.45, 2.75) is 46.6 Å². The van der Waals surface area contributed by atoms with Crippen LogP contribution in [-0.2, 0) is 5.60 Å². The van der Waals surface area contributed by atoms with Crippen molar-refractivity contribution in [3.05, 3.63) is 34.9 Å². The van der Waals surface area contributed by atoms with Crippen LogP contribution in [0.4, 0.5) is 0 Å². The zero-order chi connectivity index (χ0) is 11.6.